The summed E-state index contributed by atoms with van der Waals surface area (Å²) in [5.74, 6) is 1.01. The molecule has 0 radical (unpaired) electrons. The van der Waals surface area contributed by atoms with Crippen molar-refractivity contribution in [2.75, 3.05) is 32.5 Å². The monoisotopic (exact) mass is 290 g/mol. The predicted octanol–water partition coefficient (Wildman–Crippen LogP) is 2.65. The van der Waals surface area contributed by atoms with Crippen LogP contribution in [0.1, 0.15) is 37.7 Å². The minimum Gasteiger partial charge on any atom is -0.399 e. The lowest BCUT2D eigenvalue weighted by Gasteiger charge is -2.28. The van der Waals surface area contributed by atoms with Crippen LogP contribution in [0.4, 0.5) is 5.69 Å². The molecule has 2 rings (SSSR count). The number of hydrogen-bond donors (Lipinski definition) is 1. The highest BCUT2D eigenvalue weighted by Crippen LogP contribution is 2.22. The van der Waals surface area contributed by atoms with Crippen molar-refractivity contribution in [3.8, 4) is 0 Å². The maximum absolute atomic E-state index is 12.3. The van der Waals surface area contributed by atoms with E-state index < -0.39 is 0 Å². The maximum atomic E-state index is 12.3. The van der Waals surface area contributed by atoms with Gasteiger partial charge in [0, 0.05) is 38.9 Å². The minimum atomic E-state index is 0.214. The summed E-state index contributed by atoms with van der Waals surface area (Å²) in [6.07, 6.45) is 2.67. The lowest BCUT2D eigenvalue weighted by Crippen LogP contribution is -2.34. The molecule has 0 saturated carbocycles. The summed E-state index contributed by atoms with van der Waals surface area (Å²) in [7, 11) is 1.91. The van der Waals surface area contributed by atoms with E-state index in [2.05, 4.69) is 6.92 Å². The average Bonchev–Trinajstić information content (AvgIpc) is 2.48. The Morgan fingerprint density at radius 3 is 2.57 bits per heavy atom. The fourth-order valence-corrected chi connectivity index (χ4v) is 2.78. The Kier molecular flexibility index (Phi) is 5.62. The van der Waals surface area contributed by atoms with Gasteiger partial charge in [-0.25, -0.2) is 0 Å². The van der Waals surface area contributed by atoms with Gasteiger partial charge in [-0.3, -0.25) is 4.79 Å². The third kappa shape index (κ3) is 4.74. The summed E-state index contributed by atoms with van der Waals surface area (Å²) in [6.45, 7) is 4.59. The number of nitrogens with zero attached hydrogens (tertiary/aromatic N) is 1. The molecule has 1 aromatic carbocycles. The first-order valence-electron chi connectivity index (χ1n) is 7.73. The molecule has 4 nitrogen and oxygen atoms in total. The van der Waals surface area contributed by atoms with Gasteiger partial charge in [-0.1, -0.05) is 19.1 Å². The highest BCUT2D eigenvalue weighted by molar-refractivity contribution is 5.76. The van der Waals surface area contributed by atoms with Gasteiger partial charge in [-0.2, -0.15) is 0 Å². The number of nitrogens with two attached hydrogens (primary N) is 1. The molecule has 0 aromatic heterocycles. The van der Waals surface area contributed by atoms with Crippen LogP contribution in [-0.4, -0.2) is 37.6 Å². The van der Waals surface area contributed by atoms with E-state index in [0.717, 1.165) is 43.9 Å². The number of benzene rings is 1. The topological polar surface area (TPSA) is 55.6 Å². The molecule has 1 unspecified atom stereocenters. The Morgan fingerprint density at radius 1 is 1.33 bits per heavy atom. The highest BCUT2D eigenvalue weighted by atomic mass is 16.5. The molecule has 1 fully saturated rings. The maximum Gasteiger partial charge on any atom is 0.222 e. The summed E-state index contributed by atoms with van der Waals surface area (Å²) < 4.78 is 5.36. The van der Waals surface area contributed by atoms with E-state index in [0.29, 0.717) is 12.3 Å². The fourth-order valence-electron chi connectivity index (χ4n) is 2.78. The normalized spacial score (nSPS) is 17.4. The second-order valence-electron chi connectivity index (χ2n) is 6.10. The van der Waals surface area contributed by atoms with E-state index in [1.54, 1.807) is 0 Å². The fraction of sp³-hybridized carbons (Fsp3) is 0.588. The van der Waals surface area contributed by atoms with Crippen molar-refractivity contribution in [1.82, 2.24) is 4.90 Å². The molecule has 1 atom stereocenters. The summed E-state index contributed by atoms with van der Waals surface area (Å²) >= 11 is 0. The highest BCUT2D eigenvalue weighted by Gasteiger charge is 2.20. The van der Waals surface area contributed by atoms with Gasteiger partial charge in [0.2, 0.25) is 5.91 Å². The zero-order chi connectivity index (χ0) is 15.2. The third-order valence-corrected chi connectivity index (χ3v) is 4.28. The summed E-state index contributed by atoms with van der Waals surface area (Å²) in [5, 5.41) is 0. The molecule has 2 N–H and O–H groups in total. The molecule has 1 saturated heterocycles. The Hall–Kier alpha value is -1.55. The van der Waals surface area contributed by atoms with Crippen molar-refractivity contribution in [3.05, 3.63) is 29.8 Å². The van der Waals surface area contributed by atoms with Gasteiger partial charge in [-0.05, 0) is 42.4 Å². The molecule has 1 aliphatic rings. The van der Waals surface area contributed by atoms with Gasteiger partial charge < -0.3 is 15.4 Å². The van der Waals surface area contributed by atoms with E-state index in [1.807, 2.05) is 36.2 Å². The molecule has 1 amide bonds. The van der Waals surface area contributed by atoms with Crippen molar-refractivity contribution in [3.63, 3.8) is 0 Å². The zero-order valence-corrected chi connectivity index (χ0v) is 13.0. The van der Waals surface area contributed by atoms with E-state index in [-0.39, 0.29) is 11.8 Å². The Morgan fingerprint density at radius 2 is 1.95 bits per heavy atom. The van der Waals surface area contributed by atoms with Gasteiger partial charge in [0.15, 0.2) is 0 Å². The van der Waals surface area contributed by atoms with Crippen LogP contribution in [0, 0.1) is 5.92 Å². The summed E-state index contributed by atoms with van der Waals surface area (Å²) in [6, 6.07) is 7.79. The number of carbonyl (C=O) groups is 1. The van der Waals surface area contributed by atoms with E-state index in [1.165, 1.54) is 0 Å². The lowest BCUT2D eigenvalue weighted by atomic mass is 9.96. The molecule has 0 aliphatic carbocycles. The van der Waals surface area contributed by atoms with E-state index in [4.69, 9.17) is 10.5 Å². The van der Waals surface area contributed by atoms with Gasteiger partial charge >= 0.3 is 0 Å². The van der Waals surface area contributed by atoms with Crippen LogP contribution in [-0.2, 0) is 9.53 Å². The van der Waals surface area contributed by atoms with Crippen LogP contribution in [0.5, 0.6) is 0 Å². The van der Waals surface area contributed by atoms with Crippen LogP contribution in [0.25, 0.3) is 0 Å². The van der Waals surface area contributed by atoms with Crippen molar-refractivity contribution < 1.29 is 9.53 Å². The van der Waals surface area contributed by atoms with Crippen LogP contribution in [0.3, 0.4) is 0 Å². The van der Waals surface area contributed by atoms with Gasteiger partial charge in [0.1, 0.15) is 0 Å². The smallest absolute Gasteiger partial charge is 0.222 e. The molecule has 0 bridgehead atoms. The minimum absolute atomic E-state index is 0.214. The van der Waals surface area contributed by atoms with Crippen LogP contribution in [0.2, 0.25) is 0 Å². The predicted molar refractivity (Wildman–Crippen MR) is 85.1 cm³/mol. The van der Waals surface area contributed by atoms with Crippen molar-refractivity contribution in [1.29, 1.82) is 0 Å². The Balaban J connectivity index is 1.83. The zero-order valence-electron chi connectivity index (χ0n) is 13.0. The van der Waals surface area contributed by atoms with Crippen LogP contribution >= 0.6 is 0 Å². The standard InChI is InChI=1S/C17H26N2O2/c1-13(15-3-5-16(18)6-4-15)11-17(20)19(2)12-14-7-9-21-10-8-14/h3-6,13-14H,7-12,18H2,1-2H3. The summed E-state index contributed by atoms with van der Waals surface area (Å²) in [5.41, 5.74) is 7.62. The Labute approximate surface area is 127 Å². The van der Waals surface area contributed by atoms with E-state index in [9.17, 15) is 4.79 Å². The number of amides is 1. The van der Waals surface area contributed by atoms with Gasteiger partial charge in [0.05, 0.1) is 0 Å². The first kappa shape index (κ1) is 15.8. The largest absolute Gasteiger partial charge is 0.399 e. The molecule has 116 valence electrons. The summed E-state index contributed by atoms with van der Waals surface area (Å²) in [4.78, 5) is 14.2. The van der Waals surface area contributed by atoms with Crippen LogP contribution in [0.15, 0.2) is 24.3 Å². The molecule has 4 heteroatoms. The molecule has 1 aliphatic heterocycles. The first-order chi connectivity index (χ1) is 10.1. The van der Waals surface area contributed by atoms with Gasteiger partial charge in [-0.15, -0.1) is 0 Å². The molecular formula is C17H26N2O2. The first-order valence-corrected chi connectivity index (χ1v) is 7.73. The van der Waals surface area contributed by atoms with E-state index >= 15 is 0 Å². The molecule has 1 heterocycles. The molecule has 0 spiro atoms. The number of nitrogen functional groups attached to an aromatic ring is 1. The number of rotatable bonds is 5. The lowest BCUT2D eigenvalue weighted by molar-refractivity contribution is -0.131. The number of ether oxygens (including phenoxy) is 1. The second-order valence-corrected chi connectivity index (χ2v) is 6.10. The number of anilines is 1. The quantitative estimate of drug-likeness (QED) is 0.848. The molecule has 1 aromatic rings. The third-order valence-electron chi connectivity index (χ3n) is 4.28. The van der Waals surface area contributed by atoms with Gasteiger partial charge in [0.25, 0.3) is 0 Å². The number of hydrogen-bond acceptors (Lipinski definition) is 3. The second kappa shape index (κ2) is 7.46. The average molecular weight is 290 g/mol. The van der Waals surface area contributed by atoms with Crippen molar-refractivity contribution >= 4 is 11.6 Å². The SMILES string of the molecule is CC(CC(=O)N(C)CC1CCOCC1)c1ccc(N)cc1. The molecule has 21 heavy (non-hydrogen) atoms. The van der Waals surface area contributed by atoms with Crippen molar-refractivity contribution in [2.24, 2.45) is 5.92 Å². The Bertz CT molecular complexity index is 452. The van der Waals surface area contributed by atoms with Crippen molar-refractivity contribution in [2.45, 2.75) is 32.1 Å². The molecular weight excluding hydrogens is 264 g/mol. The number of carbonyl (C=O) groups excluding carboxylic acids is 1. The van der Waals surface area contributed by atoms with Crippen LogP contribution < -0.4 is 5.73 Å².